The van der Waals surface area contributed by atoms with E-state index in [1.54, 1.807) is 11.3 Å². The molecule has 1 heterocycles. The van der Waals surface area contributed by atoms with Crippen LogP contribution in [0.3, 0.4) is 0 Å². The van der Waals surface area contributed by atoms with Gasteiger partial charge < -0.3 is 4.43 Å². The van der Waals surface area contributed by atoms with Crippen LogP contribution in [0.5, 0.6) is 0 Å². The van der Waals surface area contributed by atoms with Crippen molar-refractivity contribution in [1.29, 1.82) is 0 Å². The van der Waals surface area contributed by atoms with Crippen molar-refractivity contribution >= 4 is 30.0 Å². The molecule has 4 rings (SSSR count). The molecular formula is C25H31NOSSi. The highest BCUT2D eigenvalue weighted by Gasteiger charge is 2.51. The van der Waals surface area contributed by atoms with Crippen LogP contribution in [-0.4, -0.2) is 19.4 Å². The van der Waals surface area contributed by atoms with Gasteiger partial charge in [0.1, 0.15) is 0 Å². The second-order valence-electron chi connectivity index (χ2n) is 9.13. The molecule has 152 valence electrons. The lowest BCUT2D eigenvalue weighted by molar-refractivity contribution is 0.135. The second-order valence-corrected chi connectivity index (χ2v) is 14.3. The molecule has 1 aromatic heterocycles. The Bertz CT molecular complexity index is 842. The number of aromatic nitrogens is 1. The molecule has 0 radical (unpaired) electrons. The fourth-order valence-corrected chi connectivity index (χ4v) is 10.4. The maximum absolute atomic E-state index is 7.30. The summed E-state index contributed by atoms with van der Waals surface area (Å²) >= 11 is 1.80. The molecule has 2 nitrogen and oxygen atoms in total. The Morgan fingerprint density at radius 2 is 1.41 bits per heavy atom. The lowest BCUT2D eigenvalue weighted by Crippen LogP contribution is -2.67. The van der Waals surface area contributed by atoms with Gasteiger partial charge in [-0.2, -0.15) is 0 Å². The maximum Gasteiger partial charge on any atom is 0.261 e. The SMILES string of the molecule is CC(C)(C)[Si](OC1CCC(c2nccs2)CC1)(c1ccccc1)c1ccccc1. The first-order valence-electron chi connectivity index (χ1n) is 10.7. The minimum absolute atomic E-state index is 0.0435. The molecule has 4 heteroatoms. The third-order valence-electron chi connectivity index (χ3n) is 6.24. The van der Waals surface area contributed by atoms with E-state index in [2.05, 4.69) is 91.8 Å². The number of thiazole rings is 1. The summed E-state index contributed by atoms with van der Waals surface area (Å²) in [6.45, 7) is 7.08. The molecule has 0 saturated heterocycles. The predicted molar refractivity (Wildman–Crippen MR) is 126 cm³/mol. The van der Waals surface area contributed by atoms with Crippen molar-refractivity contribution in [2.45, 2.75) is 63.5 Å². The molecule has 0 atom stereocenters. The Hall–Kier alpha value is -1.75. The van der Waals surface area contributed by atoms with Gasteiger partial charge in [-0.05, 0) is 41.1 Å². The third kappa shape index (κ3) is 4.11. The van der Waals surface area contributed by atoms with Gasteiger partial charge in [-0.15, -0.1) is 11.3 Å². The van der Waals surface area contributed by atoms with Gasteiger partial charge in [0.15, 0.2) is 0 Å². The molecule has 0 aliphatic heterocycles. The van der Waals surface area contributed by atoms with E-state index in [1.165, 1.54) is 28.2 Å². The monoisotopic (exact) mass is 421 g/mol. The normalized spacial score (nSPS) is 20.5. The summed E-state index contributed by atoms with van der Waals surface area (Å²) in [5.41, 5.74) is 0. The molecule has 0 unspecified atom stereocenters. The molecule has 0 spiro atoms. The molecule has 1 aliphatic rings. The van der Waals surface area contributed by atoms with Crippen molar-refractivity contribution in [3.05, 3.63) is 77.2 Å². The molecule has 0 amide bonds. The zero-order valence-electron chi connectivity index (χ0n) is 17.7. The summed E-state index contributed by atoms with van der Waals surface area (Å²) < 4.78 is 7.30. The van der Waals surface area contributed by atoms with Crippen LogP contribution in [-0.2, 0) is 4.43 Å². The molecule has 0 bridgehead atoms. The van der Waals surface area contributed by atoms with Crippen LogP contribution in [0.15, 0.2) is 72.2 Å². The smallest absolute Gasteiger partial charge is 0.261 e. The molecule has 2 aromatic carbocycles. The highest BCUT2D eigenvalue weighted by Crippen LogP contribution is 2.41. The minimum atomic E-state index is -2.44. The van der Waals surface area contributed by atoms with Gasteiger partial charge >= 0.3 is 0 Å². The Kier molecular flexibility index (Phi) is 6.05. The first-order chi connectivity index (χ1) is 14.0. The van der Waals surface area contributed by atoms with Crippen LogP contribution in [0.25, 0.3) is 0 Å². The number of hydrogen-bond donors (Lipinski definition) is 0. The van der Waals surface area contributed by atoms with Crippen molar-refractivity contribution in [2.24, 2.45) is 0 Å². The van der Waals surface area contributed by atoms with E-state index in [-0.39, 0.29) is 5.04 Å². The van der Waals surface area contributed by atoms with E-state index >= 15 is 0 Å². The van der Waals surface area contributed by atoms with E-state index in [1.807, 2.05) is 6.20 Å². The van der Waals surface area contributed by atoms with E-state index in [0.29, 0.717) is 12.0 Å². The number of benzene rings is 2. The Morgan fingerprint density at radius 3 is 1.86 bits per heavy atom. The quantitative estimate of drug-likeness (QED) is 0.490. The fraction of sp³-hybridized carbons (Fsp3) is 0.400. The number of nitrogens with zero attached hydrogens (tertiary/aromatic N) is 1. The summed E-state index contributed by atoms with van der Waals surface area (Å²) in [6.07, 6.45) is 6.85. The van der Waals surface area contributed by atoms with Crippen molar-refractivity contribution in [1.82, 2.24) is 4.98 Å². The standard InChI is InChI=1S/C25H31NOSSi/c1-25(2,3)29(22-10-6-4-7-11-22,23-12-8-5-9-13-23)27-21-16-14-20(15-17-21)24-26-18-19-28-24/h4-13,18-21H,14-17H2,1-3H3. The lowest BCUT2D eigenvalue weighted by atomic mass is 9.88. The van der Waals surface area contributed by atoms with Crippen LogP contribution in [0.1, 0.15) is 57.4 Å². The molecular weight excluding hydrogens is 390 g/mol. The molecule has 1 aliphatic carbocycles. The first-order valence-corrected chi connectivity index (χ1v) is 13.5. The molecule has 0 N–H and O–H groups in total. The van der Waals surface area contributed by atoms with Crippen LogP contribution in [0, 0.1) is 0 Å². The zero-order valence-corrected chi connectivity index (χ0v) is 19.5. The molecule has 1 fully saturated rings. The van der Waals surface area contributed by atoms with Crippen molar-refractivity contribution in [3.8, 4) is 0 Å². The van der Waals surface area contributed by atoms with Crippen molar-refractivity contribution in [3.63, 3.8) is 0 Å². The molecule has 29 heavy (non-hydrogen) atoms. The van der Waals surface area contributed by atoms with Crippen LogP contribution in [0.2, 0.25) is 5.04 Å². The van der Waals surface area contributed by atoms with Gasteiger partial charge in [-0.3, -0.25) is 0 Å². The summed E-state index contributed by atoms with van der Waals surface area (Å²) in [4.78, 5) is 4.56. The van der Waals surface area contributed by atoms with Crippen LogP contribution in [0.4, 0.5) is 0 Å². The predicted octanol–water partition coefficient (Wildman–Crippen LogP) is 5.75. The van der Waals surface area contributed by atoms with E-state index in [0.717, 1.165) is 12.8 Å². The second kappa shape index (κ2) is 8.55. The highest BCUT2D eigenvalue weighted by molar-refractivity contribution is 7.09. The summed E-state index contributed by atoms with van der Waals surface area (Å²) in [5, 5.41) is 6.19. The van der Waals surface area contributed by atoms with E-state index < -0.39 is 8.32 Å². The van der Waals surface area contributed by atoms with Gasteiger partial charge in [0.05, 0.1) is 5.01 Å². The Labute approximate surface area is 180 Å². The largest absolute Gasteiger partial charge is 0.404 e. The lowest BCUT2D eigenvalue weighted by Gasteiger charge is -2.46. The Balaban J connectivity index is 1.66. The van der Waals surface area contributed by atoms with Crippen LogP contribution >= 0.6 is 11.3 Å². The number of rotatable bonds is 5. The summed E-state index contributed by atoms with van der Waals surface area (Å²) in [7, 11) is -2.44. The van der Waals surface area contributed by atoms with Crippen molar-refractivity contribution < 1.29 is 4.43 Å². The van der Waals surface area contributed by atoms with Gasteiger partial charge in [0.25, 0.3) is 8.32 Å². The van der Waals surface area contributed by atoms with Gasteiger partial charge in [0, 0.05) is 23.6 Å². The van der Waals surface area contributed by atoms with Gasteiger partial charge in [0.2, 0.25) is 0 Å². The van der Waals surface area contributed by atoms with E-state index in [9.17, 15) is 0 Å². The maximum atomic E-state index is 7.30. The highest BCUT2D eigenvalue weighted by atomic mass is 32.1. The zero-order chi connectivity index (χ0) is 20.3. The summed E-state index contributed by atoms with van der Waals surface area (Å²) in [5.74, 6) is 0.606. The van der Waals surface area contributed by atoms with Crippen LogP contribution < -0.4 is 10.4 Å². The van der Waals surface area contributed by atoms with Gasteiger partial charge in [-0.1, -0.05) is 81.4 Å². The average Bonchev–Trinajstić information content (AvgIpc) is 3.28. The Morgan fingerprint density at radius 1 is 0.862 bits per heavy atom. The topological polar surface area (TPSA) is 22.1 Å². The average molecular weight is 422 g/mol. The molecule has 3 aromatic rings. The minimum Gasteiger partial charge on any atom is -0.404 e. The summed E-state index contributed by atoms with van der Waals surface area (Å²) in [6, 6.07) is 22.0. The first kappa shape index (κ1) is 20.5. The van der Waals surface area contributed by atoms with Gasteiger partial charge in [-0.25, -0.2) is 4.98 Å². The van der Waals surface area contributed by atoms with E-state index in [4.69, 9.17) is 4.43 Å². The number of hydrogen-bond acceptors (Lipinski definition) is 3. The molecule has 1 saturated carbocycles. The fourth-order valence-electron chi connectivity index (χ4n) is 4.81. The third-order valence-corrected chi connectivity index (χ3v) is 12.3. The van der Waals surface area contributed by atoms with Crippen molar-refractivity contribution in [2.75, 3.05) is 0 Å².